The number of aryl methyl sites for hydroxylation is 2. The third kappa shape index (κ3) is 3.51. The van der Waals surface area contributed by atoms with E-state index in [1.165, 1.54) is 12.8 Å². The Kier molecular flexibility index (Phi) is 4.03. The van der Waals surface area contributed by atoms with Crippen molar-refractivity contribution in [1.82, 2.24) is 24.6 Å². The van der Waals surface area contributed by atoms with E-state index in [1.807, 2.05) is 34.8 Å². The van der Waals surface area contributed by atoms with E-state index in [4.69, 9.17) is 0 Å². The van der Waals surface area contributed by atoms with Crippen molar-refractivity contribution in [3.63, 3.8) is 0 Å². The first-order chi connectivity index (χ1) is 10.2. The van der Waals surface area contributed by atoms with E-state index in [0.717, 1.165) is 18.8 Å². The minimum absolute atomic E-state index is 0.0576. The zero-order valence-corrected chi connectivity index (χ0v) is 12.3. The average molecular weight is 287 g/mol. The van der Waals surface area contributed by atoms with Gasteiger partial charge < -0.3 is 9.88 Å². The van der Waals surface area contributed by atoms with Gasteiger partial charge in [-0.05, 0) is 31.2 Å². The van der Waals surface area contributed by atoms with E-state index < -0.39 is 0 Å². The Morgan fingerprint density at radius 3 is 2.90 bits per heavy atom. The van der Waals surface area contributed by atoms with Crippen LogP contribution in [0.2, 0.25) is 0 Å². The van der Waals surface area contributed by atoms with Crippen LogP contribution in [0.5, 0.6) is 0 Å². The van der Waals surface area contributed by atoms with Crippen molar-refractivity contribution < 1.29 is 4.79 Å². The normalized spacial score (nSPS) is 15.9. The van der Waals surface area contributed by atoms with Crippen LogP contribution < -0.4 is 5.32 Å². The van der Waals surface area contributed by atoms with Crippen molar-refractivity contribution in [2.45, 2.75) is 38.3 Å². The van der Waals surface area contributed by atoms with Gasteiger partial charge in [0, 0.05) is 44.8 Å². The molecule has 0 spiro atoms. The highest BCUT2D eigenvalue weighted by atomic mass is 16.1. The summed E-state index contributed by atoms with van der Waals surface area (Å²) in [7, 11) is 1.97. The van der Waals surface area contributed by atoms with Crippen molar-refractivity contribution in [1.29, 1.82) is 0 Å². The molecule has 1 atom stereocenters. The van der Waals surface area contributed by atoms with E-state index in [9.17, 15) is 4.79 Å². The molecule has 1 N–H and O–H groups in total. The van der Waals surface area contributed by atoms with Crippen LogP contribution in [0.1, 0.15) is 37.5 Å². The highest BCUT2D eigenvalue weighted by molar-refractivity contribution is 5.76. The molecule has 1 aliphatic rings. The molecule has 1 unspecified atom stereocenters. The third-order valence-corrected chi connectivity index (χ3v) is 3.90. The van der Waals surface area contributed by atoms with Crippen LogP contribution in [0.3, 0.4) is 0 Å². The van der Waals surface area contributed by atoms with Crippen molar-refractivity contribution in [3.8, 4) is 0 Å². The number of rotatable bonds is 7. The average Bonchev–Trinajstić information content (AvgIpc) is 3.01. The second-order valence-corrected chi connectivity index (χ2v) is 5.65. The molecule has 6 heteroatoms. The summed E-state index contributed by atoms with van der Waals surface area (Å²) in [6.45, 7) is 0.775. The molecule has 2 aromatic heterocycles. The molecule has 2 heterocycles. The first-order valence-electron chi connectivity index (χ1n) is 7.48. The smallest absolute Gasteiger partial charge is 0.220 e. The highest BCUT2D eigenvalue weighted by Crippen LogP contribution is 2.40. The lowest BCUT2D eigenvalue weighted by Gasteiger charge is -2.18. The van der Waals surface area contributed by atoms with Crippen molar-refractivity contribution >= 4 is 5.91 Å². The van der Waals surface area contributed by atoms with E-state index >= 15 is 0 Å². The summed E-state index contributed by atoms with van der Waals surface area (Å²) < 4.78 is 3.84. The molecule has 1 saturated carbocycles. The molecular formula is C15H21N5O. The number of nitrogens with one attached hydrogen (secondary N) is 1. The van der Waals surface area contributed by atoms with Crippen molar-refractivity contribution in [3.05, 3.63) is 36.7 Å². The fourth-order valence-corrected chi connectivity index (χ4v) is 2.58. The van der Waals surface area contributed by atoms with Crippen LogP contribution in [-0.2, 0) is 18.4 Å². The Balaban J connectivity index is 1.51. The maximum atomic E-state index is 12.1. The van der Waals surface area contributed by atoms with Gasteiger partial charge in [0.05, 0.1) is 6.04 Å². The molecule has 1 aliphatic carbocycles. The predicted octanol–water partition coefficient (Wildman–Crippen LogP) is 1.66. The Bertz CT molecular complexity index is 585. The van der Waals surface area contributed by atoms with Gasteiger partial charge >= 0.3 is 0 Å². The maximum absolute atomic E-state index is 12.1. The summed E-state index contributed by atoms with van der Waals surface area (Å²) in [4.78, 5) is 16.5. The van der Waals surface area contributed by atoms with Crippen LogP contribution in [0.4, 0.5) is 0 Å². The lowest BCUT2D eigenvalue weighted by Crippen LogP contribution is -2.31. The van der Waals surface area contributed by atoms with Crippen LogP contribution in [0.15, 0.2) is 30.9 Å². The molecule has 3 rings (SSSR count). The zero-order valence-electron chi connectivity index (χ0n) is 12.3. The molecule has 1 amide bonds. The summed E-state index contributed by atoms with van der Waals surface area (Å²) in [5.41, 5.74) is 0. The fraction of sp³-hybridized carbons (Fsp3) is 0.533. The minimum Gasteiger partial charge on any atom is -0.346 e. The number of imidazole rings is 1. The second kappa shape index (κ2) is 6.11. The first kappa shape index (κ1) is 13.9. The van der Waals surface area contributed by atoms with E-state index in [-0.39, 0.29) is 11.9 Å². The number of hydrogen-bond donors (Lipinski definition) is 1. The lowest BCUT2D eigenvalue weighted by molar-refractivity contribution is -0.122. The number of carbonyl (C=O) groups is 1. The summed E-state index contributed by atoms with van der Waals surface area (Å²) in [6, 6.07) is 1.95. The molecule has 0 aliphatic heterocycles. The number of hydrogen-bond acceptors (Lipinski definition) is 3. The van der Waals surface area contributed by atoms with Gasteiger partial charge in [0.1, 0.15) is 5.82 Å². The monoisotopic (exact) mass is 287 g/mol. The number of aromatic nitrogens is 4. The molecule has 1 fully saturated rings. The fourth-order valence-electron chi connectivity index (χ4n) is 2.58. The predicted molar refractivity (Wildman–Crippen MR) is 78.3 cm³/mol. The zero-order chi connectivity index (χ0) is 14.7. The highest BCUT2D eigenvalue weighted by Gasteiger charge is 2.35. The van der Waals surface area contributed by atoms with Crippen LogP contribution in [0, 0.1) is 5.92 Å². The van der Waals surface area contributed by atoms with Gasteiger partial charge in [-0.2, -0.15) is 5.10 Å². The van der Waals surface area contributed by atoms with Gasteiger partial charge in [-0.3, -0.25) is 9.48 Å². The van der Waals surface area contributed by atoms with E-state index in [1.54, 1.807) is 12.4 Å². The van der Waals surface area contributed by atoms with Gasteiger partial charge in [-0.25, -0.2) is 4.98 Å². The quantitative estimate of drug-likeness (QED) is 0.842. The van der Waals surface area contributed by atoms with Crippen molar-refractivity contribution in [2.75, 3.05) is 0 Å². The molecule has 2 aromatic rings. The molecule has 0 aromatic carbocycles. The Morgan fingerprint density at radius 2 is 2.29 bits per heavy atom. The Labute approximate surface area is 124 Å². The second-order valence-electron chi connectivity index (χ2n) is 5.65. The van der Waals surface area contributed by atoms with Gasteiger partial charge in [0.2, 0.25) is 5.91 Å². The topological polar surface area (TPSA) is 64.7 Å². The number of nitrogens with zero attached hydrogens (tertiary/aromatic N) is 4. The van der Waals surface area contributed by atoms with Gasteiger partial charge in [0.15, 0.2) is 0 Å². The molecule has 0 saturated heterocycles. The minimum atomic E-state index is 0.0576. The summed E-state index contributed by atoms with van der Waals surface area (Å²) in [6.07, 6.45) is 11.0. The van der Waals surface area contributed by atoms with Crippen LogP contribution >= 0.6 is 0 Å². The van der Waals surface area contributed by atoms with E-state index in [2.05, 4.69) is 15.4 Å². The summed E-state index contributed by atoms with van der Waals surface area (Å²) >= 11 is 0. The van der Waals surface area contributed by atoms with Gasteiger partial charge in [-0.1, -0.05) is 0 Å². The van der Waals surface area contributed by atoms with Crippen LogP contribution in [0.25, 0.3) is 0 Å². The maximum Gasteiger partial charge on any atom is 0.220 e. The molecule has 0 bridgehead atoms. The molecule has 6 nitrogen and oxygen atoms in total. The summed E-state index contributed by atoms with van der Waals surface area (Å²) in [5, 5.41) is 7.29. The standard InChI is InChI=1S/C15H21N5O/c1-19-11-8-16-15(19)14(12-5-6-12)18-13(21)4-2-9-20-10-3-7-17-20/h3,7-8,10-12,14H,2,4-6,9H2,1H3,(H,18,21). The number of amides is 1. The SMILES string of the molecule is Cn1ccnc1C(NC(=O)CCCn1cccn1)C1CC1. The third-order valence-electron chi connectivity index (χ3n) is 3.90. The largest absolute Gasteiger partial charge is 0.346 e. The number of carbonyl (C=O) groups excluding carboxylic acids is 1. The molecular weight excluding hydrogens is 266 g/mol. The van der Waals surface area contributed by atoms with Crippen LogP contribution in [-0.4, -0.2) is 25.2 Å². The lowest BCUT2D eigenvalue weighted by atomic mass is 10.1. The molecule has 112 valence electrons. The Hall–Kier alpha value is -2.11. The van der Waals surface area contributed by atoms with Crippen molar-refractivity contribution in [2.24, 2.45) is 13.0 Å². The molecule has 21 heavy (non-hydrogen) atoms. The Morgan fingerprint density at radius 1 is 1.43 bits per heavy atom. The molecule has 0 radical (unpaired) electrons. The van der Waals surface area contributed by atoms with Gasteiger partial charge in [0.25, 0.3) is 0 Å². The first-order valence-corrected chi connectivity index (χ1v) is 7.48. The van der Waals surface area contributed by atoms with E-state index in [0.29, 0.717) is 12.3 Å². The van der Waals surface area contributed by atoms with Gasteiger partial charge in [-0.15, -0.1) is 0 Å². The summed E-state index contributed by atoms with van der Waals surface area (Å²) in [5.74, 6) is 1.60.